The third kappa shape index (κ3) is 3.28. The van der Waals surface area contributed by atoms with Gasteiger partial charge in [0.15, 0.2) is 0 Å². The van der Waals surface area contributed by atoms with Gasteiger partial charge < -0.3 is 10.5 Å². The molecule has 18 heavy (non-hydrogen) atoms. The summed E-state index contributed by atoms with van der Waals surface area (Å²) in [4.78, 5) is 2.37. The molecule has 0 unspecified atom stereocenters. The Bertz CT molecular complexity index is 508. The van der Waals surface area contributed by atoms with Gasteiger partial charge in [-0.05, 0) is 42.8 Å². The summed E-state index contributed by atoms with van der Waals surface area (Å²) in [6.07, 6.45) is 0. The SMILES string of the molecule is COc1cccc(Sc2ccc([C@H](C)N)cc2)c1. The predicted octanol–water partition coefficient (Wildman–Crippen LogP) is 3.87. The molecule has 0 saturated carbocycles. The fraction of sp³-hybridized carbons (Fsp3) is 0.200. The lowest BCUT2D eigenvalue weighted by molar-refractivity contribution is 0.413. The van der Waals surface area contributed by atoms with Gasteiger partial charge in [-0.15, -0.1) is 0 Å². The minimum atomic E-state index is 0.0841. The monoisotopic (exact) mass is 259 g/mol. The van der Waals surface area contributed by atoms with E-state index in [-0.39, 0.29) is 6.04 Å². The lowest BCUT2D eigenvalue weighted by Gasteiger charge is -2.07. The molecule has 0 aliphatic heterocycles. The molecule has 0 amide bonds. The van der Waals surface area contributed by atoms with Crippen LogP contribution >= 0.6 is 11.8 Å². The largest absolute Gasteiger partial charge is 0.497 e. The van der Waals surface area contributed by atoms with Gasteiger partial charge in [0, 0.05) is 15.8 Å². The van der Waals surface area contributed by atoms with Crippen LogP contribution < -0.4 is 10.5 Å². The summed E-state index contributed by atoms with van der Waals surface area (Å²) in [5.74, 6) is 0.882. The summed E-state index contributed by atoms with van der Waals surface area (Å²) >= 11 is 1.72. The minimum Gasteiger partial charge on any atom is -0.497 e. The highest BCUT2D eigenvalue weighted by molar-refractivity contribution is 7.99. The van der Waals surface area contributed by atoms with Gasteiger partial charge in [0.2, 0.25) is 0 Å². The molecular weight excluding hydrogens is 242 g/mol. The predicted molar refractivity (Wildman–Crippen MR) is 76.2 cm³/mol. The van der Waals surface area contributed by atoms with Crippen LogP contribution in [0.5, 0.6) is 5.75 Å². The summed E-state index contributed by atoms with van der Waals surface area (Å²) in [5, 5.41) is 0. The number of benzene rings is 2. The van der Waals surface area contributed by atoms with Crippen molar-refractivity contribution in [3.63, 3.8) is 0 Å². The van der Waals surface area contributed by atoms with E-state index in [1.165, 1.54) is 9.79 Å². The average molecular weight is 259 g/mol. The molecule has 0 aliphatic rings. The molecule has 94 valence electrons. The summed E-state index contributed by atoms with van der Waals surface area (Å²) in [6, 6.07) is 16.5. The van der Waals surface area contributed by atoms with Gasteiger partial charge in [-0.3, -0.25) is 0 Å². The highest BCUT2D eigenvalue weighted by atomic mass is 32.2. The van der Waals surface area contributed by atoms with Gasteiger partial charge >= 0.3 is 0 Å². The molecule has 0 heterocycles. The van der Waals surface area contributed by atoms with Crippen LogP contribution in [0.3, 0.4) is 0 Å². The van der Waals surface area contributed by atoms with Crippen molar-refractivity contribution in [2.45, 2.75) is 22.8 Å². The first kappa shape index (κ1) is 13.0. The van der Waals surface area contributed by atoms with E-state index in [2.05, 4.69) is 30.3 Å². The molecule has 2 aromatic rings. The number of methoxy groups -OCH3 is 1. The summed E-state index contributed by atoms with van der Waals surface area (Å²) in [6.45, 7) is 1.99. The Morgan fingerprint density at radius 3 is 2.39 bits per heavy atom. The summed E-state index contributed by atoms with van der Waals surface area (Å²) < 4.78 is 5.21. The third-order valence-electron chi connectivity index (χ3n) is 2.68. The van der Waals surface area contributed by atoms with Crippen LogP contribution in [0.2, 0.25) is 0 Å². The van der Waals surface area contributed by atoms with Crippen molar-refractivity contribution in [3.8, 4) is 5.75 Å². The molecule has 2 aromatic carbocycles. The van der Waals surface area contributed by atoms with Crippen LogP contribution in [-0.4, -0.2) is 7.11 Å². The van der Waals surface area contributed by atoms with Crippen molar-refractivity contribution in [1.29, 1.82) is 0 Å². The lowest BCUT2D eigenvalue weighted by atomic mass is 10.1. The van der Waals surface area contributed by atoms with Crippen LogP contribution in [0.15, 0.2) is 58.3 Å². The van der Waals surface area contributed by atoms with Crippen molar-refractivity contribution >= 4 is 11.8 Å². The molecule has 0 saturated heterocycles. The second kappa shape index (κ2) is 5.94. The zero-order valence-corrected chi connectivity index (χ0v) is 11.4. The highest BCUT2D eigenvalue weighted by Gasteiger charge is 2.01. The molecule has 0 fully saturated rings. The molecule has 2 rings (SSSR count). The Labute approximate surface area is 112 Å². The van der Waals surface area contributed by atoms with Crippen molar-refractivity contribution < 1.29 is 4.74 Å². The molecule has 1 atom stereocenters. The van der Waals surface area contributed by atoms with Gasteiger partial charge in [-0.25, -0.2) is 0 Å². The maximum absolute atomic E-state index is 5.83. The fourth-order valence-electron chi connectivity index (χ4n) is 1.64. The molecule has 0 radical (unpaired) electrons. The van der Waals surface area contributed by atoms with Crippen LogP contribution in [0.4, 0.5) is 0 Å². The van der Waals surface area contributed by atoms with E-state index in [1.807, 2.05) is 25.1 Å². The van der Waals surface area contributed by atoms with Crippen LogP contribution in [0.25, 0.3) is 0 Å². The zero-order chi connectivity index (χ0) is 13.0. The van der Waals surface area contributed by atoms with E-state index in [4.69, 9.17) is 10.5 Å². The molecule has 2 nitrogen and oxygen atoms in total. The first-order chi connectivity index (χ1) is 8.69. The van der Waals surface area contributed by atoms with Crippen LogP contribution in [0, 0.1) is 0 Å². The Morgan fingerprint density at radius 2 is 1.78 bits per heavy atom. The Hall–Kier alpha value is -1.45. The van der Waals surface area contributed by atoms with E-state index in [0.717, 1.165) is 11.3 Å². The topological polar surface area (TPSA) is 35.2 Å². The minimum absolute atomic E-state index is 0.0841. The van der Waals surface area contributed by atoms with Crippen molar-refractivity contribution in [2.75, 3.05) is 7.11 Å². The van der Waals surface area contributed by atoms with Crippen LogP contribution in [-0.2, 0) is 0 Å². The number of hydrogen-bond donors (Lipinski definition) is 1. The zero-order valence-electron chi connectivity index (χ0n) is 10.6. The number of ether oxygens (including phenoxy) is 1. The second-order valence-electron chi connectivity index (χ2n) is 4.14. The number of rotatable bonds is 4. The van der Waals surface area contributed by atoms with Gasteiger partial charge in [0.25, 0.3) is 0 Å². The number of nitrogens with two attached hydrogens (primary N) is 1. The molecule has 0 spiro atoms. The van der Waals surface area contributed by atoms with Crippen molar-refractivity contribution in [2.24, 2.45) is 5.73 Å². The van der Waals surface area contributed by atoms with Gasteiger partial charge in [-0.1, -0.05) is 30.0 Å². The molecule has 2 N–H and O–H groups in total. The fourth-order valence-corrected chi connectivity index (χ4v) is 2.51. The third-order valence-corrected chi connectivity index (χ3v) is 3.68. The smallest absolute Gasteiger partial charge is 0.119 e. The van der Waals surface area contributed by atoms with E-state index in [1.54, 1.807) is 18.9 Å². The highest BCUT2D eigenvalue weighted by Crippen LogP contribution is 2.30. The van der Waals surface area contributed by atoms with Crippen molar-refractivity contribution in [1.82, 2.24) is 0 Å². The van der Waals surface area contributed by atoms with E-state index in [9.17, 15) is 0 Å². The van der Waals surface area contributed by atoms with E-state index < -0.39 is 0 Å². The van der Waals surface area contributed by atoms with Crippen LogP contribution in [0.1, 0.15) is 18.5 Å². The quantitative estimate of drug-likeness (QED) is 0.905. The lowest BCUT2D eigenvalue weighted by Crippen LogP contribution is -2.04. The molecule has 3 heteroatoms. The molecule has 0 aliphatic carbocycles. The standard InChI is InChI=1S/C15H17NOS/c1-11(16)12-6-8-14(9-7-12)18-15-5-3-4-13(10-15)17-2/h3-11H,16H2,1-2H3/t11-/m0/s1. The molecule has 0 aromatic heterocycles. The van der Waals surface area contributed by atoms with Gasteiger partial charge in [0.05, 0.1) is 7.11 Å². The van der Waals surface area contributed by atoms with Gasteiger partial charge in [0.1, 0.15) is 5.75 Å². The first-order valence-electron chi connectivity index (χ1n) is 5.86. The first-order valence-corrected chi connectivity index (χ1v) is 6.68. The normalized spacial score (nSPS) is 12.2. The average Bonchev–Trinajstić information content (AvgIpc) is 2.39. The Balaban J connectivity index is 2.13. The number of hydrogen-bond acceptors (Lipinski definition) is 3. The van der Waals surface area contributed by atoms with E-state index in [0.29, 0.717) is 0 Å². The van der Waals surface area contributed by atoms with Crippen molar-refractivity contribution in [3.05, 3.63) is 54.1 Å². The summed E-state index contributed by atoms with van der Waals surface area (Å²) in [7, 11) is 1.68. The maximum atomic E-state index is 5.83. The Morgan fingerprint density at radius 1 is 1.06 bits per heavy atom. The summed E-state index contributed by atoms with van der Waals surface area (Å²) in [5.41, 5.74) is 6.99. The van der Waals surface area contributed by atoms with Gasteiger partial charge in [-0.2, -0.15) is 0 Å². The maximum Gasteiger partial charge on any atom is 0.119 e. The molecular formula is C15H17NOS. The molecule has 0 bridgehead atoms. The Kier molecular flexibility index (Phi) is 4.28. The van der Waals surface area contributed by atoms with E-state index >= 15 is 0 Å². The second-order valence-corrected chi connectivity index (χ2v) is 5.29.